The third-order valence-electron chi connectivity index (χ3n) is 4.23. The Morgan fingerprint density at radius 3 is 2.21 bits per heavy atom. The van der Waals surface area contributed by atoms with Gasteiger partial charge in [0, 0.05) is 22.7 Å². The van der Waals surface area contributed by atoms with Crippen molar-refractivity contribution in [3.05, 3.63) is 53.1 Å². The fourth-order valence-corrected chi connectivity index (χ4v) is 3.52. The molecule has 0 aliphatic carbocycles. The Hall–Kier alpha value is -2.44. The summed E-state index contributed by atoms with van der Waals surface area (Å²) in [4.78, 5) is -0.245. The molecule has 3 aromatic carbocycles. The van der Waals surface area contributed by atoms with Crippen LogP contribution in [0.5, 0.6) is 11.5 Å². The van der Waals surface area contributed by atoms with Crippen molar-refractivity contribution in [3.8, 4) is 11.5 Å². The summed E-state index contributed by atoms with van der Waals surface area (Å²) < 4.78 is 32.1. The molecular weight excluding hydrogens is 420 g/mol. The number of azo groups is 1. The van der Waals surface area contributed by atoms with Crippen molar-refractivity contribution in [3.63, 3.8) is 0 Å². The number of aryl methyl sites for hydroxylation is 3. The van der Waals surface area contributed by atoms with Gasteiger partial charge in [0.25, 0.3) is 10.1 Å². The molecule has 0 aliphatic rings. The zero-order valence-corrected chi connectivity index (χ0v) is 17.4. The maximum atomic E-state index is 11.4. The summed E-state index contributed by atoms with van der Waals surface area (Å²) in [5.74, 6) is -0.184. The van der Waals surface area contributed by atoms with Crippen LogP contribution in [-0.4, -0.2) is 23.2 Å². The molecule has 9 heteroatoms. The van der Waals surface area contributed by atoms with Gasteiger partial charge in [-0.25, -0.2) is 0 Å². The van der Waals surface area contributed by atoms with Gasteiger partial charge in [-0.3, -0.25) is 4.55 Å². The van der Waals surface area contributed by atoms with Crippen LogP contribution in [0.15, 0.2) is 51.5 Å². The van der Waals surface area contributed by atoms with Gasteiger partial charge in [-0.1, -0.05) is 6.07 Å². The number of nitrogens with zero attached hydrogens (tertiary/aromatic N) is 2. The summed E-state index contributed by atoms with van der Waals surface area (Å²) in [7, 11) is -4.36. The second-order valence-corrected chi connectivity index (χ2v) is 7.82. The quantitative estimate of drug-likeness (QED) is 0.399. The summed E-state index contributed by atoms with van der Waals surface area (Å²) in [5, 5.41) is 29.5. The molecule has 7 nitrogen and oxygen atoms in total. The van der Waals surface area contributed by atoms with E-state index < -0.39 is 10.1 Å². The van der Waals surface area contributed by atoms with E-state index in [1.807, 2.05) is 6.92 Å². The van der Waals surface area contributed by atoms with E-state index in [2.05, 4.69) is 10.2 Å². The van der Waals surface area contributed by atoms with E-state index >= 15 is 0 Å². The van der Waals surface area contributed by atoms with Gasteiger partial charge in [0.15, 0.2) is 5.75 Å². The molecule has 0 radical (unpaired) electrons. The van der Waals surface area contributed by atoms with E-state index in [9.17, 15) is 23.2 Å². The molecule has 0 amide bonds. The van der Waals surface area contributed by atoms with Crippen molar-refractivity contribution in [2.45, 2.75) is 25.7 Å². The van der Waals surface area contributed by atoms with Gasteiger partial charge in [0.05, 0.1) is 4.90 Å². The van der Waals surface area contributed by atoms with Crippen LogP contribution in [0.3, 0.4) is 0 Å². The van der Waals surface area contributed by atoms with Gasteiger partial charge in [0.2, 0.25) is 0 Å². The van der Waals surface area contributed by atoms with Gasteiger partial charge in [0.1, 0.15) is 17.1 Å². The first kappa shape index (κ1) is 21.9. The van der Waals surface area contributed by atoms with E-state index in [0.29, 0.717) is 21.9 Å². The van der Waals surface area contributed by atoms with Gasteiger partial charge >= 0.3 is 0 Å². The molecule has 0 fully saturated rings. The van der Waals surface area contributed by atoms with Crippen LogP contribution in [0.2, 0.25) is 0 Å². The van der Waals surface area contributed by atoms with Crippen molar-refractivity contribution >= 4 is 32.3 Å². The number of fused-ring (bicyclic) bond motifs is 1. The fourth-order valence-electron chi connectivity index (χ4n) is 2.92. The summed E-state index contributed by atoms with van der Waals surface area (Å²) in [6, 6.07) is 9.13. The van der Waals surface area contributed by atoms with Crippen LogP contribution >= 0.6 is 0 Å². The van der Waals surface area contributed by atoms with E-state index in [1.165, 1.54) is 18.2 Å². The molecule has 146 valence electrons. The number of hydrogen-bond donors (Lipinski definition) is 3. The van der Waals surface area contributed by atoms with Gasteiger partial charge in [-0.05, 0) is 73.2 Å². The summed E-state index contributed by atoms with van der Waals surface area (Å²) in [5.41, 5.74) is 2.41. The second kappa shape index (κ2) is 7.89. The smallest absolute Gasteiger partial charge is 0.294 e. The number of aromatic hydroxyl groups is 2. The minimum Gasteiger partial charge on any atom is -0.506 e. The molecule has 0 bridgehead atoms. The van der Waals surface area contributed by atoms with Crippen molar-refractivity contribution in [2.24, 2.45) is 10.2 Å². The van der Waals surface area contributed by atoms with Crippen molar-refractivity contribution in [1.82, 2.24) is 0 Å². The van der Waals surface area contributed by atoms with Crippen molar-refractivity contribution < 1.29 is 40.5 Å². The zero-order valence-electron chi connectivity index (χ0n) is 15.3. The van der Waals surface area contributed by atoms with Crippen molar-refractivity contribution in [2.75, 3.05) is 0 Å². The van der Waals surface area contributed by atoms with Crippen LogP contribution in [0.4, 0.5) is 11.4 Å². The van der Waals surface area contributed by atoms with E-state index in [4.69, 9.17) is 0 Å². The van der Waals surface area contributed by atoms with Crippen LogP contribution in [0.25, 0.3) is 10.8 Å². The van der Waals surface area contributed by atoms with Gasteiger partial charge < -0.3 is 10.2 Å². The molecule has 3 rings (SSSR count). The monoisotopic (exact) mass is 438 g/mol. The molecule has 0 heterocycles. The Morgan fingerprint density at radius 2 is 1.57 bits per heavy atom. The van der Waals surface area contributed by atoms with Crippen LogP contribution in [0.1, 0.15) is 16.7 Å². The third-order valence-corrected chi connectivity index (χ3v) is 5.06. The van der Waals surface area contributed by atoms with E-state index in [1.54, 1.807) is 32.0 Å². The maximum absolute atomic E-state index is 11.4. The van der Waals surface area contributed by atoms with Gasteiger partial charge in [-0.15, -0.1) is 10.2 Å². The summed E-state index contributed by atoms with van der Waals surface area (Å²) in [6.45, 7) is 5.17. The first-order valence-electron chi connectivity index (χ1n) is 8.03. The summed E-state index contributed by atoms with van der Waals surface area (Å²) >= 11 is 0. The average Bonchev–Trinajstić information content (AvgIpc) is 2.56. The number of benzene rings is 3. The number of hydrogen-bond acceptors (Lipinski definition) is 6. The van der Waals surface area contributed by atoms with Crippen LogP contribution in [-0.2, 0) is 27.5 Å². The Labute approximate surface area is 173 Å². The number of phenols is 2. The normalized spacial score (nSPS) is 11.7. The Kier molecular flexibility index (Phi) is 6.16. The molecule has 0 atom stereocenters. The molecule has 0 saturated carbocycles. The minimum absolute atomic E-state index is 0. The van der Waals surface area contributed by atoms with Crippen LogP contribution in [0, 0.1) is 20.8 Å². The second-order valence-electron chi connectivity index (χ2n) is 6.40. The molecule has 3 aromatic rings. The molecule has 28 heavy (non-hydrogen) atoms. The molecule has 3 N–H and O–H groups in total. The Bertz CT molecular complexity index is 1210. The largest absolute Gasteiger partial charge is 0.506 e. The average molecular weight is 438 g/mol. The summed E-state index contributed by atoms with van der Waals surface area (Å²) in [6.07, 6.45) is 0. The Balaban J connectivity index is 0.00000280. The van der Waals surface area contributed by atoms with Crippen molar-refractivity contribution in [1.29, 1.82) is 0 Å². The first-order valence-corrected chi connectivity index (χ1v) is 9.47. The molecular formula is C19H18CrN2O5S. The third kappa shape index (κ3) is 4.18. The molecule has 0 aliphatic heterocycles. The number of phenolic OH excluding ortho intramolecular Hbond substituents is 2. The zero-order chi connectivity index (χ0) is 19.9. The Morgan fingerprint density at radius 1 is 0.893 bits per heavy atom. The van der Waals surface area contributed by atoms with Gasteiger partial charge in [-0.2, -0.15) is 8.42 Å². The SMILES string of the molecule is Cc1ccc(O)c(N=Nc2c(C)cc3cc(S(=O)(=O)O)cc(C)c3c2O)c1.[Cr]. The van der Waals surface area contributed by atoms with Crippen LogP contribution < -0.4 is 0 Å². The predicted octanol–water partition coefficient (Wildman–Crippen LogP) is 4.84. The predicted molar refractivity (Wildman–Crippen MR) is 102 cm³/mol. The first-order chi connectivity index (χ1) is 12.6. The molecule has 0 unspecified atom stereocenters. The van der Waals surface area contributed by atoms with E-state index in [0.717, 1.165) is 5.56 Å². The number of rotatable bonds is 3. The molecule has 0 saturated heterocycles. The molecule has 0 aromatic heterocycles. The molecule has 0 spiro atoms. The standard InChI is InChI=1S/C19H18N2O5S.Cr/c1-10-4-5-16(22)15(6-10)20-21-18-12(3)7-13-9-14(27(24,25)26)8-11(2)17(13)19(18)23;/h4-9,22-23H,1-3H3,(H,24,25,26);. The van der Waals surface area contributed by atoms with E-state index in [-0.39, 0.29) is 45.1 Å². The topological polar surface area (TPSA) is 120 Å². The maximum Gasteiger partial charge on any atom is 0.294 e. The fraction of sp³-hybridized carbons (Fsp3) is 0.158. The minimum atomic E-state index is -4.36.